The average Bonchev–Trinajstić information content (AvgIpc) is 2.49. The lowest BCUT2D eigenvalue weighted by Crippen LogP contribution is -1.91. The molecule has 0 radical (unpaired) electrons. The number of aromatic nitrogens is 2. The molecule has 3 nitrogen and oxygen atoms in total. The van der Waals surface area contributed by atoms with Crippen LogP contribution in [0.25, 0.3) is 11.0 Å². The van der Waals surface area contributed by atoms with Crippen LogP contribution in [0.4, 0.5) is 0 Å². The summed E-state index contributed by atoms with van der Waals surface area (Å²) in [5, 5.41) is 8.79. The Kier molecular flexibility index (Phi) is 2.02. The van der Waals surface area contributed by atoms with Crippen LogP contribution in [0.2, 0.25) is 0 Å². The summed E-state index contributed by atoms with van der Waals surface area (Å²) in [7, 11) is 1.97. The second-order valence-corrected chi connectivity index (χ2v) is 3.15. The molecule has 0 fully saturated rings. The van der Waals surface area contributed by atoms with Crippen LogP contribution in [0, 0.1) is 0 Å². The van der Waals surface area contributed by atoms with Crippen LogP contribution in [0.3, 0.4) is 0 Å². The molecule has 0 atom stereocenters. The molecule has 0 spiro atoms. The van der Waals surface area contributed by atoms with Gasteiger partial charge in [0.15, 0.2) is 0 Å². The SMILES string of the molecule is Cn1cnc2ccc(CCO)cc21. The van der Waals surface area contributed by atoms with E-state index in [2.05, 4.69) is 11.1 Å². The molecule has 0 saturated carbocycles. The van der Waals surface area contributed by atoms with E-state index in [9.17, 15) is 0 Å². The van der Waals surface area contributed by atoms with Gasteiger partial charge in [-0.1, -0.05) is 6.07 Å². The Bertz CT molecular complexity index is 420. The summed E-state index contributed by atoms with van der Waals surface area (Å²) in [6.07, 6.45) is 2.51. The summed E-state index contributed by atoms with van der Waals surface area (Å²) in [5.74, 6) is 0. The standard InChI is InChI=1S/C10H12N2O/c1-12-7-11-9-3-2-8(4-5-13)6-10(9)12/h2-3,6-7,13H,4-5H2,1H3. The third-order valence-corrected chi connectivity index (χ3v) is 2.19. The van der Waals surface area contributed by atoms with Crippen molar-refractivity contribution in [2.75, 3.05) is 6.61 Å². The molecular formula is C10H12N2O. The van der Waals surface area contributed by atoms with Gasteiger partial charge in [-0.05, 0) is 24.1 Å². The fourth-order valence-electron chi connectivity index (χ4n) is 1.46. The van der Waals surface area contributed by atoms with Crippen LogP contribution < -0.4 is 0 Å². The lowest BCUT2D eigenvalue weighted by atomic mass is 10.1. The summed E-state index contributed by atoms with van der Waals surface area (Å²) < 4.78 is 1.98. The molecule has 0 saturated heterocycles. The smallest absolute Gasteiger partial charge is 0.0955 e. The fraction of sp³-hybridized carbons (Fsp3) is 0.300. The maximum Gasteiger partial charge on any atom is 0.0955 e. The van der Waals surface area contributed by atoms with Crippen molar-refractivity contribution in [2.45, 2.75) is 6.42 Å². The zero-order valence-electron chi connectivity index (χ0n) is 7.57. The molecule has 3 heteroatoms. The fourth-order valence-corrected chi connectivity index (χ4v) is 1.46. The van der Waals surface area contributed by atoms with Crippen molar-refractivity contribution in [3.05, 3.63) is 30.1 Å². The molecule has 0 aliphatic heterocycles. The van der Waals surface area contributed by atoms with Crippen molar-refractivity contribution in [3.8, 4) is 0 Å². The van der Waals surface area contributed by atoms with E-state index < -0.39 is 0 Å². The maximum atomic E-state index is 8.79. The van der Waals surface area contributed by atoms with Crippen LogP contribution in [-0.4, -0.2) is 21.3 Å². The lowest BCUT2D eigenvalue weighted by molar-refractivity contribution is 0.299. The highest BCUT2D eigenvalue weighted by atomic mass is 16.2. The van der Waals surface area contributed by atoms with E-state index >= 15 is 0 Å². The summed E-state index contributed by atoms with van der Waals surface area (Å²) >= 11 is 0. The maximum absolute atomic E-state index is 8.79. The van der Waals surface area contributed by atoms with E-state index in [4.69, 9.17) is 5.11 Å². The summed E-state index contributed by atoms with van der Waals surface area (Å²) in [4.78, 5) is 4.22. The number of aliphatic hydroxyl groups is 1. The van der Waals surface area contributed by atoms with Gasteiger partial charge in [0.2, 0.25) is 0 Å². The molecule has 0 aliphatic rings. The number of rotatable bonds is 2. The Labute approximate surface area is 76.6 Å². The molecule has 2 rings (SSSR count). The molecule has 1 N–H and O–H groups in total. The second kappa shape index (κ2) is 3.18. The largest absolute Gasteiger partial charge is 0.396 e. The average molecular weight is 176 g/mol. The number of aryl methyl sites for hydroxylation is 1. The van der Waals surface area contributed by atoms with E-state index in [0.29, 0.717) is 6.42 Å². The summed E-state index contributed by atoms with van der Waals surface area (Å²) in [5.41, 5.74) is 3.27. The topological polar surface area (TPSA) is 38.0 Å². The Morgan fingerprint density at radius 2 is 2.31 bits per heavy atom. The second-order valence-electron chi connectivity index (χ2n) is 3.15. The van der Waals surface area contributed by atoms with Crippen molar-refractivity contribution < 1.29 is 5.11 Å². The van der Waals surface area contributed by atoms with Crippen LogP contribution in [0.5, 0.6) is 0 Å². The van der Waals surface area contributed by atoms with Gasteiger partial charge in [0.25, 0.3) is 0 Å². The summed E-state index contributed by atoms with van der Waals surface area (Å²) in [6.45, 7) is 0.198. The Morgan fingerprint density at radius 1 is 1.46 bits per heavy atom. The Hall–Kier alpha value is -1.35. The van der Waals surface area contributed by atoms with Gasteiger partial charge >= 0.3 is 0 Å². The molecule has 13 heavy (non-hydrogen) atoms. The third kappa shape index (κ3) is 1.42. The Morgan fingerprint density at radius 3 is 3.08 bits per heavy atom. The highest BCUT2D eigenvalue weighted by molar-refractivity contribution is 5.75. The minimum absolute atomic E-state index is 0.198. The normalized spacial score (nSPS) is 10.9. The van der Waals surface area contributed by atoms with Gasteiger partial charge in [-0.15, -0.1) is 0 Å². The van der Waals surface area contributed by atoms with E-state index in [1.54, 1.807) is 6.33 Å². The van der Waals surface area contributed by atoms with Gasteiger partial charge in [-0.3, -0.25) is 0 Å². The van der Waals surface area contributed by atoms with Gasteiger partial charge in [-0.25, -0.2) is 4.98 Å². The van der Waals surface area contributed by atoms with Crippen molar-refractivity contribution in [3.63, 3.8) is 0 Å². The van der Waals surface area contributed by atoms with Crippen LogP contribution in [-0.2, 0) is 13.5 Å². The number of hydrogen-bond donors (Lipinski definition) is 1. The Balaban J connectivity index is 2.53. The van der Waals surface area contributed by atoms with E-state index in [0.717, 1.165) is 16.6 Å². The monoisotopic (exact) mass is 176 g/mol. The summed E-state index contributed by atoms with van der Waals surface area (Å²) in [6, 6.07) is 6.06. The highest BCUT2D eigenvalue weighted by Gasteiger charge is 2.00. The van der Waals surface area contributed by atoms with Gasteiger partial charge < -0.3 is 9.67 Å². The first kappa shape index (κ1) is 8.26. The molecule has 2 aromatic rings. The number of aliphatic hydroxyl groups excluding tert-OH is 1. The number of imidazole rings is 1. The van der Waals surface area contributed by atoms with Gasteiger partial charge in [0, 0.05) is 13.7 Å². The number of hydrogen-bond acceptors (Lipinski definition) is 2. The lowest BCUT2D eigenvalue weighted by Gasteiger charge is -1.99. The predicted molar refractivity (Wildman–Crippen MR) is 51.5 cm³/mol. The predicted octanol–water partition coefficient (Wildman–Crippen LogP) is 1.11. The highest BCUT2D eigenvalue weighted by Crippen LogP contribution is 2.13. The zero-order valence-corrected chi connectivity index (χ0v) is 7.57. The van der Waals surface area contributed by atoms with E-state index in [1.165, 1.54) is 0 Å². The molecule has 1 aromatic heterocycles. The van der Waals surface area contributed by atoms with Crippen LogP contribution >= 0.6 is 0 Å². The van der Waals surface area contributed by atoms with E-state index in [-0.39, 0.29) is 6.61 Å². The number of nitrogens with zero attached hydrogens (tertiary/aromatic N) is 2. The quantitative estimate of drug-likeness (QED) is 0.744. The molecule has 1 aromatic carbocycles. The van der Waals surface area contributed by atoms with Crippen LogP contribution in [0.15, 0.2) is 24.5 Å². The van der Waals surface area contributed by atoms with Crippen LogP contribution in [0.1, 0.15) is 5.56 Å². The molecule has 68 valence electrons. The molecule has 0 aliphatic carbocycles. The van der Waals surface area contributed by atoms with Crippen molar-refractivity contribution >= 4 is 11.0 Å². The third-order valence-electron chi connectivity index (χ3n) is 2.19. The van der Waals surface area contributed by atoms with Crippen molar-refractivity contribution in [2.24, 2.45) is 7.05 Å². The van der Waals surface area contributed by atoms with Crippen molar-refractivity contribution in [1.82, 2.24) is 9.55 Å². The van der Waals surface area contributed by atoms with Gasteiger partial charge in [0.1, 0.15) is 0 Å². The molecule has 0 unspecified atom stereocenters. The van der Waals surface area contributed by atoms with Crippen molar-refractivity contribution in [1.29, 1.82) is 0 Å². The molecule has 0 amide bonds. The number of benzene rings is 1. The van der Waals surface area contributed by atoms with Gasteiger partial charge in [0.05, 0.1) is 17.4 Å². The molecule has 0 bridgehead atoms. The van der Waals surface area contributed by atoms with Gasteiger partial charge in [-0.2, -0.15) is 0 Å². The minimum Gasteiger partial charge on any atom is -0.396 e. The number of fused-ring (bicyclic) bond motifs is 1. The van der Waals surface area contributed by atoms with E-state index in [1.807, 2.05) is 23.7 Å². The molecule has 1 heterocycles. The first-order valence-corrected chi connectivity index (χ1v) is 4.32. The first-order valence-electron chi connectivity index (χ1n) is 4.32. The zero-order chi connectivity index (χ0) is 9.26. The molecular weight excluding hydrogens is 164 g/mol. The minimum atomic E-state index is 0.198. The first-order chi connectivity index (χ1) is 6.31.